The molecule has 1 fully saturated rings. The number of alkyl carbamates (subject to hydrolysis) is 1. The van der Waals surface area contributed by atoms with Crippen LogP contribution in [-0.2, 0) is 4.74 Å². The lowest BCUT2D eigenvalue weighted by Crippen LogP contribution is -2.58. The van der Waals surface area contributed by atoms with Crippen molar-refractivity contribution in [2.75, 3.05) is 6.61 Å². The van der Waals surface area contributed by atoms with E-state index in [1.54, 1.807) is 0 Å². The molecule has 0 radical (unpaired) electrons. The van der Waals surface area contributed by atoms with Crippen LogP contribution in [0.5, 0.6) is 0 Å². The first-order valence-electron chi connectivity index (χ1n) is 6.24. The lowest BCUT2D eigenvalue weighted by atomic mass is 9.75. The number of carbonyl (C=O) groups excluding carboxylic acids is 1. The second-order valence-corrected chi connectivity index (χ2v) is 6.60. The summed E-state index contributed by atoms with van der Waals surface area (Å²) < 4.78 is 5.26. The van der Waals surface area contributed by atoms with E-state index in [9.17, 15) is 9.90 Å². The van der Waals surface area contributed by atoms with Crippen molar-refractivity contribution < 1.29 is 14.6 Å². The topological polar surface area (TPSA) is 58.6 Å². The standard InChI is InChI=1S/C13H25NO3/c1-11(2,3)17-10(16)14-13(9-15)8-6-7-12(13,4)5/h15H,6-9H2,1-5H3,(H,14,16). The molecule has 1 aliphatic carbocycles. The molecule has 1 atom stereocenters. The molecule has 1 unspecified atom stereocenters. The normalized spacial score (nSPS) is 27.9. The molecule has 0 aliphatic heterocycles. The Hall–Kier alpha value is -0.770. The first-order valence-corrected chi connectivity index (χ1v) is 6.24. The maximum absolute atomic E-state index is 11.8. The molecule has 0 aromatic heterocycles. The molecule has 4 nitrogen and oxygen atoms in total. The number of rotatable bonds is 2. The van der Waals surface area contributed by atoms with Gasteiger partial charge in [0.15, 0.2) is 0 Å². The first-order chi connectivity index (χ1) is 7.62. The quantitative estimate of drug-likeness (QED) is 0.783. The van der Waals surface area contributed by atoms with Crippen molar-refractivity contribution in [2.24, 2.45) is 5.41 Å². The predicted octanol–water partition coefficient (Wildman–Crippen LogP) is 2.45. The summed E-state index contributed by atoms with van der Waals surface area (Å²) >= 11 is 0. The minimum Gasteiger partial charge on any atom is -0.444 e. The zero-order valence-electron chi connectivity index (χ0n) is 11.6. The zero-order valence-corrected chi connectivity index (χ0v) is 11.6. The van der Waals surface area contributed by atoms with Gasteiger partial charge in [-0.2, -0.15) is 0 Å². The summed E-state index contributed by atoms with van der Waals surface area (Å²) in [5, 5.41) is 12.5. The maximum atomic E-state index is 11.8. The summed E-state index contributed by atoms with van der Waals surface area (Å²) in [5.41, 5.74) is -1.16. The van der Waals surface area contributed by atoms with Crippen LogP contribution in [0, 0.1) is 5.41 Å². The van der Waals surface area contributed by atoms with Crippen LogP contribution in [-0.4, -0.2) is 28.9 Å². The molecule has 0 spiro atoms. The average molecular weight is 243 g/mol. The van der Waals surface area contributed by atoms with Crippen molar-refractivity contribution in [2.45, 2.75) is 65.0 Å². The summed E-state index contributed by atoms with van der Waals surface area (Å²) in [6.07, 6.45) is 2.38. The molecule has 100 valence electrons. The van der Waals surface area contributed by atoms with Crippen LogP contribution in [0.3, 0.4) is 0 Å². The fraction of sp³-hybridized carbons (Fsp3) is 0.923. The Balaban J connectivity index is 2.74. The Kier molecular flexibility index (Phi) is 3.77. The number of hydrogen-bond donors (Lipinski definition) is 2. The highest BCUT2D eigenvalue weighted by molar-refractivity contribution is 5.69. The van der Waals surface area contributed by atoms with Crippen molar-refractivity contribution in [3.05, 3.63) is 0 Å². The molecular weight excluding hydrogens is 218 g/mol. The zero-order chi connectivity index (χ0) is 13.3. The van der Waals surface area contributed by atoms with E-state index in [1.807, 2.05) is 20.8 Å². The van der Waals surface area contributed by atoms with E-state index in [-0.39, 0.29) is 12.0 Å². The highest BCUT2D eigenvalue weighted by Gasteiger charge is 2.49. The monoisotopic (exact) mass is 243 g/mol. The number of carbonyl (C=O) groups is 1. The van der Waals surface area contributed by atoms with Crippen LogP contribution < -0.4 is 5.32 Å². The van der Waals surface area contributed by atoms with Crippen LogP contribution in [0.25, 0.3) is 0 Å². The molecule has 4 heteroatoms. The maximum Gasteiger partial charge on any atom is 0.408 e. The minimum atomic E-state index is -0.546. The molecule has 0 aromatic carbocycles. The van der Waals surface area contributed by atoms with Gasteiger partial charge < -0.3 is 15.2 Å². The SMILES string of the molecule is CC(C)(C)OC(=O)NC1(CO)CCCC1(C)C. The van der Waals surface area contributed by atoms with Gasteiger partial charge in [0, 0.05) is 0 Å². The van der Waals surface area contributed by atoms with Crippen LogP contribution in [0.4, 0.5) is 4.79 Å². The van der Waals surface area contributed by atoms with Gasteiger partial charge in [-0.05, 0) is 39.0 Å². The molecule has 0 bridgehead atoms. The molecule has 0 heterocycles. The van der Waals surface area contributed by atoms with Gasteiger partial charge in [-0.25, -0.2) is 4.79 Å². The van der Waals surface area contributed by atoms with Gasteiger partial charge >= 0.3 is 6.09 Å². The highest BCUT2D eigenvalue weighted by Crippen LogP contribution is 2.45. The van der Waals surface area contributed by atoms with Crippen LogP contribution in [0.15, 0.2) is 0 Å². The summed E-state index contributed by atoms with van der Waals surface area (Å²) in [6.45, 7) is 9.61. The van der Waals surface area contributed by atoms with E-state index in [2.05, 4.69) is 19.2 Å². The molecule has 1 saturated carbocycles. The molecule has 1 aliphatic rings. The Morgan fingerprint density at radius 3 is 2.29 bits per heavy atom. The van der Waals surface area contributed by atoms with Crippen molar-refractivity contribution in [1.82, 2.24) is 5.32 Å². The van der Waals surface area contributed by atoms with E-state index < -0.39 is 17.2 Å². The van der Waals surface area contributed by atoms with Gasteiger partial charge in [0.05, 0.1) is 12.1 Å². The Labute approximate surface area is 104 Å². The molecule has 17 heavy (non-hydrogen) atoms. The smallest absolute Gasteiger partial charge is 0.408 e. The number of ether oxygens (including phenoxy) is 1. The van der Waals surface area contributed by atoms with Gasteiger partial charge in [-0.1, -0.05) is 20.3 Å². The van der Waals surface area contributed by atoms with Crippen molar-refractivity contribution >= 4 is 6.09 Å². The molecular formula is C13H25NO3. The summed E-state index contributed by atoms with van der Waals surface area (Å²) in [7, 11) is 0. The van der Waals surface area contributed by atoms with Crippen molar-refractivity contribution in [3.63, 3.8) is 0 Å². The summed E-state index contributed by atoms with van der Waals surface area (Å²) in [5.74, 6) is 0. The highest BCUT2D eigenvalue weighted by atomic mass is 16.6. The number of nitrogens with one attached hydrogen (secondary N) is 1. The predicted molar refractivity (Wildman–Crippen MR) is 66.8 cm³/mol. The number of aliphatic hydroxyl groups excluding tert-OH is 1. The number of hydrogen-bond acceptors (Lipinski definition) is 3. The molecule has 0 aromatic rings. The Morgan fingerprint density at radius 2 is 1.94 bits per heavy atom. The van der Waals surface area contributed by atoms with Crippen LogP contribution >= 0.6 is 0 Å². The minimum absolute atomic E-state index is 0.0424. The largest absolute Gasteiger partial charge is 0.444 e. The molecule has 1 rings (SSSR count). The van der Waals surface area contributed by atoms with Crippen LogP contribution in [0.1, 0.15) is 53.9 Å². The fourth-order valence-electron chi connectivity index (χ4n) is 2.47. The van der Waals surface area contributed by atoms with E-state index >= 15 is 0 Å². The Bertz CT molecular complexity index is 294. The van der Waals surface area contributed by atoms with E-state index in [1.165, 1.54) is 0 Å². The summed E-state index contributed by atoms with van der Waals surface area (Å²) in [6, 6.07) is 0. The van der Waals surface area contributed by atoms with E-state index in [0.717, 1.165) is 19.3 Å². The summed E-state index contributed by atoms with van der Waals surface area (Å²) in [4.78, 5) is 11.8. The number of aliphatic hydroxyl groups is 1. The molecule has 2 N–H and O–H groups in total. The van der Waals surface area contributed by atoms with Crippen molar-refractivity contribution in [3.8, 4) is 0 Å². The third-order valence-electron chi connectivity index (χ3n) is 3.71. The van der Waals surface area contributed by atoms with Crippen LogP contribution in [0.2, 0.25) is 0 Å². The van der Waals surface area contributed by atoms with E-state index in [4.69, 9.17) is 4.74 Å². The van der Waals surface area contributed by atoms with Gasteiger partial charge in [0.1, 0.15) is 5.60 Å². The average Bonchev–Trinajstić information content (AvgIpc) is 2.39. The van der Waals surface area contributed by atoms with Gasteiger partial charge in [0.2, 0.25) is 0 Å². The first kappa shape index (κ1) is 14.3. The fourth-order valence-corrected chi connectivity index (χ4v) is 2.47. The second-order valence-electron chi connectivity index (χ2n) is 6.60. The van der Waals surface area contributed by atoms with Gasteiger partial charge in [0.25, 0.3) is 0 Å². The van der Waals surface area contributed by atoms with Crippen molar-refractivity contribution in [1.29, 1.82) is 0 Å². The Morgan fingerprint density at radius 1 is 1.35 bits per heavy atom. The lowest BCUT2D eigenvalue weighted by molar-refractivity contribution is 0.0227. The number of amides is 1. The third kappa shape index (κ3) is 3.12. The van der Waals surface area contributed by atoms with Gasteiger partial charge in [-0.3, -0.25) is 0 Å². The van der Waals surface area contributed by atoms with E-state index in [0.29, 0.717) is 0 Å². The third-order valence-corrected chi connectivity index (χ3v) is 3.71. The molecule has 0 saturated heterocycles. The molecule has 1 amide bonds. The lowest BCUT2D eigenvalue weighted by Gasteiger charge is -2.41. The second kappa shape index (κ2) is 4.48. The van der Waals surface area contributed by atoms with Gasteiger partial charge in [-0.15, -0.1) is 0 Å².